The number of fused-ring (bicyclic) bond motifs is 5. The number of hydrogen-bond acceptors (Lipinski definition) is 15. The maximum absolute atomic E-state index is 15.2. The van der Waals surface area contributed by atoms with Gasteiger partial charge < -0.3 is 63.6 Å². The molecule has 0 radical (unpaired) electrons. The van der Waals surface area contributed by atoms with Crippen LogP contribution in [0.25, 0.3) is 0 Å². The third-order valence-corrected chi connectivity index (χ3v) is 22.3. The highest BCUT2D eigenvalue weighted by Crippen LogP contribution is 2.68. The van der Waals surface area contributed by atoms with Gasteiger partial charge in [0.1, 0.15) is 48.3 Å². The molecule has 5 aliphatic heterocycles. The lowest BCUT2D eigenvalue weighted by atomic mass is 9.72. The fraction of sp³-hybridized carbons (Fsp3) is 0.636. The van der Waals surface area contributed by atoms with Crippen molar-refractivity contribution in [3.63, 3.8) is 0 Å². The van der Waals surface area contributed by atoms with E-state index in [-0.39, 0.29) is 64.1 Å². The number of carbonyl (C=O) groups is 10. The summed E-state index contributed by atoms with van der Waals surface area (Å²) in [6, 6.07) is -1.86. The molecule has 1 aromatic carbocycles. The molecule has 12 atom stereocenters. The topological polar surface area (TPSA) is 334 Å². The SMILES string of the molecule is CC(C)[C@@H]1NC(=O)C2=CC3=C4CCCC4=C4C=C(S[C@]4(C)[C@@]3(C)S2)C(=O)[C@H]2CCCN2C(=O)[C@H]([C@H](O)C(C)C)NC(=O)[C@H](CCCN)NC(=O)[C@H](C(C)C)NC(=O)[C@@H]2CCCN2C(=O)[C@@H](Cc2ccccc2)NC(=O)[C@H](C(C)C)NC(=O)[C@H](CCCN)NC1=O. The molecule has 0 unspecified atom stereocenters. The van der Waals surface area contributed by atoms with E-state index in [1.165, 1.54) is 33.3 Å². The van der Waals surface area contributed by atoms with Crippen LogP contribution in [0.1, 0.15) is 145 Å². The van der Waals surface area contributed by atoms with E-state index in [1.54, 1.807) is 79.7 Å². The molecule has 24 heteroatoms. The standard InChI is InChI=1S/C66H95N11O11S2/c1-34(2)50-62(86)71-45(31-38-19-12-11-13-20-38)63(87)77-30-18-26-47(77)58(82)73-51(35(3)4)60(84)70-44(24-16-28-68)57(81)75-53(54(78)37(7)8)64(88)76-29-17-25-46(76)55(79)48-32-41-39-21-14-22-40(39)42-33-49(90-66(42,10)65(41,9)89-48)59(83)74-52(36(5)6)61(85)69-43(23-15-27-67)56(80)72-50/h11-13,19-20,32-37,43-47,50-54,78H,14-18,21-31,67-68H2,1-10H3,(H,69,85)(H,70,84)(H,71,86)(H,72,80)(H,73,82)(H,74,83)(H,75,81)/t43-,44-,45+,46+,47-,50-,51-,52-,53-,54+,65-,66-/m0/s1. The largest absolute Gasteiger partial charge is 0.390 e. The van der Waals surface area contributed by atoms with Gasteiger partial charge in [0.2, 0.25) is 47.3 Å². The molecule has 492 valence electrons. The van der Waals surface area contributed by atoms with Crippen molar-refractivity contribution >= 4 is 82.5 Å². The Morgan fingerprint density at radius 1 is 0.533 bits per heavy atom. The molecule has 2 aliphatic carbocycles. The van der Waals surface area contributed by atoms with Gasteiger partial charge in [-0.05, 0) is 161 Å². The Morgan fingerprint density at radius 3 is 1.48 bits per heavy atom. The first-order valence-corrected chi connectivity index (χ1v) is 34.0. The minimum absolute atomic E-state index is 0.00989. The van der Waals surface area contributed by atoms with Crippen LogP contribution in [0.5, 0.6) is 0 Å². The minimum atomic E-state index is -1.53. The number of Topliss-reactive ketones (excluding diaryl/α,β-unsaturated/α-hetero) is 1. The molecule has 8 rings (SSSR count). The number of nitrogens with two attached hydrogens (primary N) is 2. The first-order chi connectivity index (χ1) is 42.6. The van der Waals surface area contributed by atoms with Crippen LogP contribution < -0.4 is 48.7 Å². The maximum Gasteiger partial charge on any atom is 0.258 e. The van der Waals surface area contributed by atoms with Crippen LogP contribution in [0, 0.1) is 23.7 Å². The average Bonchev–Trinajstić information content (AvgIpc) is 1.54. The number of hydrogen-bond donors (Lipinski definition) is 10. The van der Waals surface area contributed by atoms with Crippen molar-refractivity contribution in [2.75, 3.05) is 26.2 Å². The third-order valence-electron chi connectivity index (χ3n) is 19.0. The normalized spacial score (nSPS) is 30.8. The van der Waals surface area contributed by atoms with E-state index in [2.05, 4.69) is 51.1 Å². The Bertz CT molecular complexity index is 3090. The van der Waals surface area contributed by atoms with E-state index in [4.69, 9.17) is 11.5 Å². The molecule has 12 N–H and O–H groups in total. The molecule has 3 saturated heterocycles. The van der Waals surface area contributed by atoms with Gasteiger partial charge in [-0.2, -0.15) is 0 Å². The van der Waals surface area contributed by atoms with Gasteiger partial charge in [0.15, 0.2) is 5.78 Å². The molecule has 0 spiro atoms. The molecule has 90 heavy (non-hydrogen) atoms. The number of rotatable bonds is 13. The van der Waals surface area contributed by atoms with Crippen molar-refractivity contribution in [1.82, 2.24) is 47.0 Å². The molecule has 1 saturated carbocycles. The van der Waals surface area contributed by atoms with Gasteiger partial charge in [-0.3, -0.25) is 47.9 Å². The number of thioether (sulfide) groups is 2. The van der Waals surface area contributed by atoms with Gasteiger partial charge in [-0.1, -0.05) is 85.7 Å². The fourth-order valence-electron chi connectivity index (χ4n) is 13.6. The summed E-state index contributed by atoms with van der Waals surface area (Å²) >= 11 is 2.77. The van der Waals surface area contributed by atoms with Crippen LogP contribution in [0.4, 0.5) is 0 Å². The summed E-state index contributed by atoms with van der Waals surface area (Å²) in [6.45, 7) is 18.7. The number of nitrogens with zero attached hydrogens (tertiary/aromatic N) is 2. The molecule has 5 heterocycles. The summed E-state index contributed by atoms with van der Waals surface area (Å²) in [5.74, 6) is -8.25. The zero-order valence-electron chi connectivity index (χ0n) is 53.8. The number of aliphatic hydroxyl groups is 1. The highest BCUT2D eigenvalue weighted by molar-refractivity contribution is 8.10. The Morgan fingerprint density at radius 2 is 0.978 bits per heavy atom. The van der Waals surface area contributed by atoms with Crippen LogP contribution in [0.15, 0.2) is 74.6 Å². The molecule has 22 nitrogen and oxygen atoms in total. The first kappa shape index (κ1) is 69.5. The maximum atomic E-state index is 15.2. The van der Waals surface area contributed by atoms with E-state index in [0.29, 0.717) is 41.1 Å². The number of nitrogens with one attached hydrogen (secondary N) is 7. The quantitative estimate of drug-likeness (QED) is 0.136. The van der Waals surface area contributed by atoms with E-state index >= 15 is 9.59 Å². The van der Waals surface area contributed by atoms with Gasteiger partial charge in [0, 0.05) is 19.5 Å². The second-order valence-corrected chi connectivity index (χ2v) is 29.7. The van der Waals surface area contributed by atoms with Crippen molar-refractivity contribution in [3.8, 4) is 0 Å². The molecule has 4 fully saturated rings. The Labute approximate surface area is 537 Å². The Balaban J connectivity index is 1.16. The van der Waals surface area contributed by atoms with E-state index in [1.807, 2.05) is 18.2 Å². The number of benzene rings is 1. The lowest BCUT2D eigenvalue weighted by Gasteiger charge is -2.47. The van der Waals surface area contributed by atoms with Gasteiger partial charge in [0.25, 0.3) is 5.91 Å². The third kappa shape index (κ3) is 14.6. The van der Waals surface area contributed by atoms with Gasteiger partial charge >= 0.3 is 0 Å². The Kier molecular flexibility index (Phi) is 22.8. The highest BCUT2D eigenvalue weighted by atomic mass is 32.2. The predicted molar refractivity (Wildman–Crippen MR) is 346 cm³/mol. The van der Waals surface area contributed by atoms with Crippen LogP contribution >= 0.6 is 23.5 Å². The average molecular weight is 1280 g/mol. The predicted octanol–water partition coefficient (Wildman–Crippen LogP) is 3.22. The fourth-order valence-corrected chi connectivity index (χ4v) is 16.7. The minimum Gasteiger partial charge on any atom is -0.390 e. The van der Waals surface area contributed by atoms with Crippen LogP contribution in [0.3, 0.4) is 0 Å². The van der Waals surface area contributed by atoms with Gasteiger partial charge in [-0.25, -0.2) is 0 Å². The van der Waals surface area contributed by atoms with Crippen molar-refractivity contribution < 1.29 is 53.1 Å². The van der Waals surface area contributed by atoms with Gasteiger partial charge in [0.05, 0.1) is 31.5 Å². The van der Waals surface area contributed by atoms with E-state index in [0.717, 1.165) is 41.6 Å². The molecule has 0 aromatic heterocycles. The van der Waals surface area contributed by atoms with E-state index in [9.17, 15) is 43.5 Å². The monoisotopic (exact) mass is 1280 g/mol. The molecular formula is C66H95N11O11S2. The summed E-state index contributed by atoms with van der Waals surface area (Å²) in [5, 5.41) is 31.9. The van der Waals surface area contributed by atoms with Gasteiger partial charge in [-0.15, -0.1) is 23.5 Å². The van der Waals surface area contributed by atoms with Crippen molar-refractivity contribution in [2.24, 2.45) is 35.1 Å². The number of ketones is 1. The lowest BCUT2D eigenvalue weighted by molar-refractivity contribution is -0.144. The molecule has 9 amide bonds. The summed E-state index contributed by atoms with van der Waals surface area (Å²) < 4.78 is -1.57. The number of aliphatic hydroxyl groups excluding tert-OH is 1. The number of carbonyl (C=O) groups excluding carboxylic acids is 10. The Hall–Kier alpha value is -6.34. The van der Waals surface area contributed by atoms with Crippen molar-refractivity contribution in [3.05, 3.63) is 80.2 Å². The highest BCUT2D eigenvalue weighted by Gasteiger charge is 2.61. The molecule has 4 bridgehead atoms. The number of allylic oxidation sites excluding steroid dienone is 4. The number of amides is 9. The molecular weight excluding hydrogens is 1190 g/mol. The zero-order chi connectivity index (χ0) is 65.7. The van der Waals surface area contributed by atoms with Crippen LogP contribution in [-0.2, 0) is 54.4 Å². The second kappa shape index (κ2) is 29.5. The zero-order valence-corrected chi connectivity index (χ0v) is 55.5. The molecule has 1 aromatic rings. The molecule has 7 aliphatic rings. The summed E-state index contributed by atoms with van der Waals surface area (Å²) in [6.07, 6.45) is 6.95. The smallest absolute Gasteiger partial charge is 0.258 e. The first-order valence-electron chi connectivity index (χ1n) is 32.4. The lowest BCUT2D eigenvalue weighted by Crippen LogP contribution is -2.62. The van der Waals surface area contributed by atoms with E-state index < -0.39 is 147 Å². The summed E-state index contributed by atoms with van der Waals surface area (Å²) in [4.78, 5) is 151. The second-order valence-electron chi connectivity index (χ2n) is 26.8. The van der Waals surface area contributed by atoms with Crippen LogP contribution in [0.2, 0.25) is 0 Å². The van der Waals surface area contributed by atoms with Crippen molar-refractivity contribution in [1.29, 1.82) is 0 Å². The van der Waals surface area contributed by atoms with Crippen molar-refractivity contribution in [2.45, 2.75) is 216 Å². The van der Waals surface area contributed by atoms with Crippen LogP contribution in [-0.4, -0.2) is 170 Å². The summed E-state index contributed by atoms with van der Waals surface area (Å²) in [5.41, 5.74) is 16.8. The summed E-state index contributed by atoms with van der Waals surface area (Å²) in [7, 11) is 0.